The van der Waals surface area contributed by atoms with Crippen LogP contribution in [-0.4, -0.2) is 123 Å². The normalized spacial score (nSPS) is 13.6. The highest BCUT2D eigenvalue weighted by atomic mass is 16.5. The molecule has 7 heterocycles. The van der Waals surface area contributed by atoms with Gasteiger partial charge in [-0.05, 0) is 70.5 Å². The second-order valence-electron chi connectivity index (χ2n) is 16.2. The van der Waals surface area contributed by atoms with Crippen LogP contribution in [0, 0.1) is 13.8 Å². The number of allylic oxidation sites excluding steroid dienone is 2. The summed E-state index contributed by atoms with van der Waals surface area (Å²) in [5, 5.41) is 21.9. The van der Waals surface area contributed by atoms with Crippen molar-refractivity contribution in [2.45, 2.75) is 60.3 Å². The third-order valence-corrected chi connectivity index (χ3v) is 11.8. The van der Waals surface area contributed by atoms with E-state index in [-0.39, 0.29) is 18.8 Å². The number of fused-ring (bicyclic) bond motifs is 6. The van der Waals surface area contributed by atoms with Gasteiger partial charge >= 0.3 is 0 Å². The summed E-state index contributed by atoms with van der Waals surface area (Å²) in [7, 11) is 0. The fraction of sp³-hybridized carbons (Fsp3) is 0.362. The van der Waals surface area contributed by atoms with E-state index >= 15 is 0 Å². The number of aliphatic hydroxyl groups is 1. The third-order valence-electron chi connectivity index (χ3n) is 11.8. The molecule has 9 rings (SSSR count). The summed E-state index contributed by atoms with van der Waals surface area (Å²) in [5.41, 5.74) is 18.2. The molecule has 2 amide bonds. The number of hydrogen-bond acceptors (Lipinski definition) is 13. The Hall–Kier alpha value is -7.22. The number of benzene rings is 2. The number of primary amides is 2. The number of hydrogen-bond donors (Lipinski definition) is 3. The summed E-state index contributed by atoms with van der Waals surface area (Å²) in [6.07, 6.45) is 8.35. The molecule has 1 fully saturated rings. The van der Waals surface area contributed by atoms with Crippen molar-refractivity contribution in [3.05, 3.63) is 83.5 Å². The third kappa shape index (κ3) is 8.43. The van der Waals surface area contributed by atoms with Crippen molar-refractivity contribution in [3.63, 3.8) is 0 Å². The van der Waals surface area contributed by atoms with Crippen LogP contribution >= 0.6 is 0 Å². The molecule has 8 aromatic rings. The van der Waals surface area contributed by atoms with Crippen LogP contribution in [0.25, 0.3) is 66.9 Å². The number of carbonyl (C=O) groups excluding carboxylic acids is 2. The Balaban J connectivity index is 1.16. The van der Waals surface area contributed by atoms with Crippen LogP contribution in [-0.2, 0) is 30.9 Å². The first-order valence-electron chi connectivity index (χ1n) is 22.2. The molecule has 0 aliphatic carbocycles. The number of aromatic nitrogens is 10. The lowest BCUT2D eigenvalue weighted by atomic mass is 10.1. The second-order valence-corrected chi connectivity index (χ2v) is 16.2. The number of amides is 2. The first-order chi connectivity index (χ1) is 32.1. The highest BCUT2D eigenvalue weighted by molar-refractivity contribution is 6.13. The minimum atomic E-state index is -0.623. The van der Waals surface area contributed by atoms with Gasteiger partial charge in [0.1, 0.15) is 40.8 Å². The molecule has 0 spiro atoms. The van der Waals surface area contributed by atoms with Crippen molar-refractivity contribution in [2.24, 2.45) is 11.5 Å². The molecule has 6 aromatic heterocycles. The van der Waals surface area contributed by atoms with E-state index in [0.29, 0.717) is 102 Å². The Morgan fingerprint density at radius 1 is 0.712 bits per heavy atom. The summed E-state index contributed by atoms with van der Waals surface area (Å²) >= 11 is 0. The molecule has 19 heteroatoms. The Morgan fingerprint density at radius 3 is 1.65 bits per heavy atom. The van der Waals surface area contributed by atoms with Crippen molar-refractivity contribution in [2.75, 3.05) is 52.7 Å². The predicted octanol–water partition coefficient (Wildman–Crippen LogP) is 4.79. The van der Waals surface area contributed by atoms with Gasteiger partial charge in [0.05, 0.1) is 48.8 Å². The van der Waals surface area contributed by atoms with Crippen molar-refractivity contribution in [3.8, 4) is 34.5 Å². The van der Waals surface area contributed by atoms with E-state index in [4.69, 9.17) is 45.6 Å². The summed E-state index contributed by atoms with van der Waals surface area (Å²) in [5.74, 6) is 0.670. The molecule has 66 heavy (non-hydrogen) atoms. The van der Waals surface area contributed by atoms with Crippen LogP contribution < -0.4 is 20.9 Å². The molecule has 1 aliphatic rings. The monoisotopic (exact) mass is 895 g/mol. The molecule has 0 unspecified atom stereocenters. The predicted molar refractivity (Wildman–Crippen MR) is 249 cm³/mol. The highest BCUT2D eigenvalue weighted by Gasteiger charge is 2.24. The first kappa shape index (κ1) is 44.0. The molecular weight excluding hydrogens is 843 g/mol. The van der Waals surface area contributed by atoms with Gasteiger partial charge in [0, 0.05) is 90.9 Å². The Bertz CT molecular complexity index is 3160. The SMILES string of the molecule is CCn1nc(C)cc1-c1ncc2c3cc(C(N)=O)cc(OCCO)c3n(C/C=C/Cn3c4nc(-c5cc(C)nn5CC)ncc4c4cc(C(N)=O)cc(OCCCN5CCOCC5)c43)c2n1. The fourth-order valence-electron chi connectivity index (χ4n) is 8.78. The van der Waals surface area contributed by atoms with Crippen molar-refractivity contribution < 1.29 is 28.9 Å². The summed E-state index contributed by atoms with van der Waals surface area (Å²) < 4.78 is 26.0. The molecule has 5 N–H and O–H groups in total. The smallest absolute Gasteiger partial charge is 0.248 e. The molecule has 0 bridgehead atoms. The van der Waals surface area contributed by atoms with Gasteiger partial charge in [-0.25, -0.2) is 19.9 Å². The number of ether oxygens (including phenoxy) is 3. The topological polar surface area (TPSA) is 234 Å². The Morgan fingerprint density at radius 2 is 1.20 bits per heavy atom. The second kappa shape index (κ2) is 18.7. The summed E-state index contributed by atoms with van der Waals surface area (Å²) in [6.45, 7) is 14.0. The van der Waals surface area contributed by atoms with E-state index in [1.54, 1.807) is 36.7 Å². The van der Waals surface area contributed by atoms with Gasteiger partial charge in [-0.2, -0.15) is 10.2 Å². The molecule has 0 saturated carbocycles. The summed E-state index contributed by atoms with van der Waals surface area (Å²) in [4.78, 5) is 47.6. The fourth-order valence-corrected chi connectivity index (χ4v) is 8.78. The van der Waals surface area contributed by atoms with Crippen molar-refractivity contribution in [1.29, 1.82) is 0 Å². The van der Waals surface area contributed by atoms with Crippen molar-refractivity contribution in [1.82, 2.24) is 53.5 Å². The van der Waals surface area contributed by atoms with Gasteiger partial charge in [0.25, 0.3) is 0 Å². The quantitative estimate of drug-likeness (QED) is 0.0778. The molecule has 2 aromatic carbocycles. The van der Waals surface area contributed by atoms with E-state index in [0.717, 1.165) is 65.1 Å². The van der Waals surface area contributed by atoms with Gasteiger partial charge in [-0.1, -0.05) is 12.2 Å². The van der Waals surface area contributed by atoms with E-state index in [2.05, 4.69) is 19.7 Å². The minimum Gasteiger partial charge on any atom is -0.491 e. The molecule has 1 saturated heterocycles. The lowest BCUT2D eigenvalue weighted by Crippen LogP contribution is -2.37. The number of rotatable bonds is 18. The van der Waals surface area contributed by atoms with E-state index in [1.807, 2.05) is 65.9 Å². The maximum absolute atomic E-state index is 12.8. The number of nitrogens with two attached hydrogens (primary N) is 2. The Kier molecular flexibility index (Phi) is 12.5. The number of morpholine rings is 1. The number of aliphatic hydroxyl groups excluding tert-OH is 1. The Labute approximate surface area is 379 Å². The highest BCUT2D eigenvalue weighted by Crippen LogP contribution is 2.38. The van der Waals surface area contributed by atoms with E-state index in [1.165, 1.54) is 0 Å². The van der Waals surface area contributed by atoms with Gasteiger partial charge in [0.2, 0.25) is 11.8 Å². The number of aryl methyl sites for hydroxylation is 4. The standard InChI is InChI=1S/C47H53N13O6/c1-5-59-36(20-28(3)54-59)44-50-26-34-32-22-30(42(48)62)24-38(65-16-9-10-56-13-17-64-18-14-56)40(32)57(46(34)52-44)11-7-8-12-58-41-33(23-31(43(49)63)25-39(41)66-19-15-61)35-27-51-45(53-47(35)58)37-21-29(4)55-60(37)6-2/h7-8,20-27,61H,5-6,9-19H2,1-4H3,(H2,48,62)(H2,49,63)/b8-7+. The maximum atomic E-state index is 12.8. The zero-order valence-corrected chi connectivity index (χ0v) is 37.5. The minimum absolute atomic E-state index is 0.00804. The molecule has 0 atom stereocenters. The van der Waals surface area contributed by atoms with Crippen LogP contribution in [0.2, 0.25) is 0 Å². The molecule has 342 valence electrons. The number of nitrogens with zero attached hydrogens (tertiary/aromatic N) is 11. The van der Waals surface area contributed by atoms with Gasteiger partial charge < -0.3 is 39.9 Å². The first-order valence-corrected chi connectivity index (χ1v) is 22.2. The van der Waals surface area contributed by atoms with Crippen LogP contribution in [0.4, 0.5) is 0 Å². The molecule has 0 radical (unpaired) electrons. The lowest BCUT2D eigenvalue weighted by Gasteiger charge is -2.26. The molecule has 19 nitrogen and oxygen atoms in total. The average Bonchev–Trinajstić information content (AvgIpc) is 4.08. The van der Waals surface area contributed by atoms with Gasteiger partial charge in [-0.15, -0.1) is 0 Å². The maximum Gasteiger partial charge on any atom is 0.248 e. The lowest BCUT2D eigenvalue weighted by molar-refractivity contribution is 0.0358. The number of carbonyl (C=O) groups is 2. The van der Waals surface area contributed by atoms with Crippen molar-refractivity contribution >= 4 is 55.7 Å². The van der Waals surface area contributed by atoms with Gasteiger partial charge in [-0.3, -0.25) is 23.9 Å². The molecular formula is C47H53N13O6. The zero-order valence-electron chi connectivity index (χ0n) is 37.5. The molecule has 1 aliphatic heterocycles. The van der Waals surface area contributed by atoms with Crippen LogP contribution in [0.1, 0.15) is 52.4 Å². The van der Waals surface area contributed by atoms with Gasteiger partial charge in [0.15, 0.2) is 11.6 Å². The van der Waals surface area contributed by atoms with E-state index in [9.17, 15) is 14.7 Å². The largest absolute Gasteiger partial charge is 0.491 e. The van der Waals surface area contributed by atoms with Crippen LogP contribution in [0.15, 0.2) is 60.9 Å². The van der Waals surface area contributed by atoms with Crippen LogP contribution in [0.5, 0.6) is 11.5 Å². The average molecular weight is 896 g/mol. The summed E-state index contributed by atoms with van der Waals surface area (Å²) in [6, 6.07) is 10.7. The van der Waals surface area contributed by atoms with E-state index < -0.39 is 11.8 Å². The zero-order chi connectivity index (χ0) is 46.1. The van der Waals surface area contributed by atoms with Crippen LogP contribution in [0.3, 0.4) is 0 Å².